The lowest BCUT2D eigenvalue weighted by molar-refractivity contribution is -0.115. The summed E-state index contributed by atoms with van der Waals surface area (Å²) in [5.74, 6) is 1.70. The molecule has 1 amide bonds. The number of amides is 1. The number of fused-ring (bicyclic) bond motifs is 1. The lowest BCUT2D eigenvalue weighted by atomic mass is 10.00. The third kappa shape index (κ3) is 6.60. The van der Waals surface area contributed by atoms with Crippen LogP contribution >= 0.6 is 0 Å². The number of carboxylic acid groups (broad SMARTS) is 1. The molecule has 2 aromatic rings. The van der Waals surface area contributed by atoms with Crippen LogP contribution in [0.25, 0.3) is 0 Å². The summed E-state index contributed by atoms with van der Waals surface area (Å²) in [6, 6.07) is 11.3. The first-order valence-corrected chi connectivity index (χ1v) is 12.5. The zero-order chi connectivity index (χ0) is 25.8. The molecule has 4 rings (SSSR count). The summed E-state index contributed by atoms with van der Waals surface area (Å²) in [5.41, 5.74) is 2.61. The highest BCUT2D eigenvalue weighted by Gasteiger charge is 2.31. The Morgan fingerprint density at radius 1 is 1.00 bits per heavy atom. The zero-order valence-corrected chi connectivity index (χ0v) is 21.3. The topological polar surface area (TPSA) is 101 Å². The number of likely N-dealkylation sites (tertiary alicyclic amines) is 1. The molecule has 2 heterocycles. The summed E-state index contributed by atoms with van der Waals surface area (Å²) in [6.45, 7) is 10.9. The van der Waals surface area contributed by atoms with E-state index in [9.17, 15) is 9.59 Å². The van der Waals surface area contributed by atoms with Crippen molar-refractivity contribution in [1.82, 2.24) is 4.90 Å². The van der Waals surface area contributed by atoms with Gasteiger partial charge in [-0.15, -0.1) is 0 Å². The van der Waals surface area contributed by atoms with Crippen molar-refractivity contribution in [2.45, 2.75) is 65.3 Å². The molecule has 0 atom stereocenters. The molecule has 194 valence electrons. The van der Waals surface area contributed by atoms with Crippen LogP contribution in [0.2, 0.25) is 0 Å². The van der Waals surface area contributed by atoms with Gasteiger partial charge in [0, 0.05) is 37.8 Å². The number of carbonyl (C=O) groups excluding carboxylic acids is 1. The van der Waals surface area contributed by atoms with Crippen LogP contribution in [0.4, 0.5) is 16.2 Å². The van der Waals surface area contributed by atoms with Crippen molar-refractivity contribution >= 4 is 23.4 Å². The number of hydrogen-bond donors (Lipinski definition) is 2. The molecular formula is C27H35N3O6. The van der Waals surface area contributed by atoms with Gasteiger partial charge in [-0.05, 0) is 70.4 Å². The van der Waals surface area contributed by atoms with Crippen LogP contribution < -0.4 is 24.4 Å². The second-order valence-corrected chi connectivity index (χ2v) is 9.88. The zero-order valence-electron chi connectivity index (χ0n) is 21.3. The number of rotatable bonds is 8. The van der Waals surface area contributed by atoms with E-state index in [0.717, 1.165) is 55.2 Å². The molecule has 1 saturated heterocycles. The maximum Gasteiger partial charge on any atom is 0.511 e. The van der Waals surface area contributed by atoms with Gasteiger partial charge >= 0.3 is 6.16 Å². The van der Waals surface area contributed by atoms with Crippen molar-refractivity contribution in [3.05, 3.63) is 42.0 Å². The molecule has 2 aliphatic rings. The average Bonchev–Trinajstić information content (AvgIpc) is 2.77. The van der Waals surface area contributed by atoms with E-state index in [4.69, 9.17) is 19.3 Å². The fourth-order valence-electron chi connectivity index (χ4n) is 4.84. The minimum Gasteiger partial charge on any atom is -0.491 e. The van der Waals surface area contributed by atoms with E-state index in [0.29, 0.717) is 5.69 Å². The minimum atomic E-state index is -1.38. The van der Waals surface area contributed by atoms with Crippen LogP contribution in [-0.2, 0) is 11.3 Å². The van der Waals surface area contributed by atoms with E-state index in [1.807, 2.05) is 39.8 Å². The lowest BCUT2D eigenvalue weighted by Gasteiger charge is -2.42. The van der Waals surface area contributed by atoms with Crippen molar-refractivity contribution < 1.29 is 28.9 Å². The van der Waals surface area contributed by atoms with Crippen molar-refractivity contribution in [2.24, 2.45) is 0 Å². The van der Waals surface area contributed by atoms with Gasteiger partial charge in [0.1, 0.15) is 17.2 Å². The smallest absolute Gasteiger partial charge is 0.491 e. The molecule has 0 aromatic heterocycles. The second kappa shape index (κ2) is 11.1. The number of nitrogens with one attached hydrogen (secondary N) is 1. The van der Waals surface area contributed by atoms with E-state index in [1.165, 1.54) is 0 Å². The Kier molecular flexibility index (Phi) is 7.88. The molecular weight excluding hydrogens is 462 g/mol. The number of piperidine rings is 1. The fraction of sp³-hybridized carbons (Fsp3) is 0.481. The summed E-state index contributed by atoms with van der Waals surface area (Å²) >= 11 is 0. The molecule has 2 N–H and O–H groups in total. The van der Waals surface area contributed by atoms with E-state index < -0.39 is 6.16 Å². The van der Waals surface area contributed by atoms with Crippen LogP contribution in [0.3, 0.4) is 0 Å². The third-order valence-corrected chi connectivity index (χ3v) is 6.16. The summed E-state index contributed by atoms with van der Waals surface area (Å²) in [7, 11) is 0. The van der Waals surface area contributed by atoms with Crippen LogP contribution in [-0.4, -0.2) is 60.0 Å². The fourth-order valence-corrected chi connectivity index (χ4v) is 4.84. The Morgan fingerprint density at radius 3 is 2.22 bits per heavy atom. The Morgan fingerprint density at radius 2 is 1.64 bits per heavy atom. The average molecular weight is 498 g/mol. The SMILES string of the molecule is CC(C)Oc1cc(CN2CCC(N3CC(=O)Nc4cc(OC(=O)O)ccc43)CC2)cc(OC(C)C)c1. The number of anilines is 2. The first-order valence-electron chi connectivity index (χ1n) is 12.5. The molecule has 9 heteroatoms. The lowest BCUT2D eigenvalue weighted by Crippen LogP contribution is -2.49. The predicted molar refractivity (Wildman–Crippen MR) is 137 cm³/mol. The Hall–Kier alpha value is -3.46. The highest BCUT2D eigenvalue weighted by atomic mass is 16.7. The Balaban J connectivity index is 1.42. The molecule has 1 fully saturated rings. The van der Waals surface area contributed by atoms with Gasteiger partial charge in [0.25, 0.3) is 0 Å². The van der Waals surface area contributed by atoms with Gasteiger partial charge in [-0.1, -0.05) is 0 Å². The Bertz CT molecular complexity index is 1070. The molecule has 2 aromatic carbocycles. The van der Waals surface area contributed by atoms with Crippen molar-refractivity contribution in [3.63, 3.8) is 0 Å². The van der Waals surface area contributed by atoms with Crippen LogP contribution in [0.5, 0.6) is 17.2 Å². The number of benzene rings is 2. The normalized spacial score (nSPS) is 16.6. The molecule has 0 spiro atoms. The van der Waals surface area contributed by atoms with Gasteiger partial charge in [0.15, 0.2) is 0 Å². The molecule has 0 radical (unpaired) electrons. The molecule has 0 bridgehead atoms. The highest BCUT2D eigenvalue weighted by molar-refractivity contribution is 6.01. The predicted octanol–water partition coefficient (Wildman–Crippen LogP) is 4.74. The standard InChI is InChI=1S/C27H35N3O6/c1-17(2)34-22-11-19(12-23(13-22)35-18(3)4)15-29-9-7-20(8-10-29)30-16-26(31)28-24-14-21(36-27(32)33)5-6-25(24)30/h5-6,11-14,17-18,20H,7-10,15-16H2,1-4H3,(H,28,31)(H,32,33). The number of nitrogens with zero attached hydrogens (tertiary/aromatic N) is 2. The molecule has 9 nitrogen and oxygen atoms in total. The summed E-state index contributed by atoms with van der Waals surface area (Å²) in [5, 5.41) is 11.7. The van der Waals surface area contributed by atoms with E-state index in [1.54, 1.807) is 12.1 Å². The molecule has 36 heavy (non-hydrogen) atoms. The van der Waals surface area contributed by atoms with Gasteiger partial charge in [0.2, 0.25) is 5.91 Å². The van der Waals surface area contributed by atoms with Crippen LogP contribution in [0, 0.1) is 0 Å². The highest BCUT2D eigenvalue weighted by Crippen LogP contribution is 2.36. The largest absolute Gasteiger partial charge is 0.511 e. The molecule has 2 aliphatic heterocycles. The molecule has 0 unspecified atom stereocenters. The van der Waals surface area contributed by atoms with Crippen molar-refractivity contribution in [2.75, 3.05) is 29.9 Å². The number of hydrogen-bond acceptors (Lipinski definition) is 7. The first-order chi connectivity index (χ1) is 17.2. The van der Waals surface area contributed by atoms with Gasteiger partial charge in [-0.2, -0.15) is 0 Å². The maximum atomic E-state index is 12.4. The third-order valence-electron chi connectivity index (χ3n) is 6.16. The van der Waals surface area contributed by atoms with Crippen LogP contribution in [0.15, 0.2) is 36.4 Å². The van der Waals surface area contributed by atoms with Crippen molar-refractivity contribution in [1.29, 1.82) is 0 Å². The van der Waals surface area contributed by atoms with Crippen molar-refractivity contribution in [3.8, 4) is 17.2 Å². The second-order valence-electron chi connectivity index (χ2n) is 9.88. The van der Waals surface area contributed by atoms with E-state index >= 15 is 0 Å². The van der Waals surface area contributed by atoms with Gasteiger partial charge in [-0.3, -0.25) is 9.69 Å². The summed E-state index contributed by atoms with van der Waals surface area (Å²) in [4.78, 5) is 27.8. The van der Waals surface area contributed by atoms with E-state index in [-0.39, 0.29) is 36.5 Å². The molecule has 0 saturated carbocycles. The maximum absolute atomic E-state index is 12.4. The number of carbonyl (C=O) groups is 2. The van der Waals surface area contributed by atoms with E-state index in [2.05, 4.69) is 27.2 Å². The Labute approximate surface area is 211 Å². The molecule has 0 aliphatic carbocycles. The summed E-state index contributed by atoms with van der Waals surface area (Å²) in [6.07, 6.45) is 0.610. The van der Waals surface area contributed by atoms with Gasteiger partial charge < -0.3 is 29.5 Å². The first kappa shape index (κ1) is 25.6. The van der Waals surface area contributed by atoms with Gasteiger partial charge in [0.05, 0.1) is 30.1 Å². The minimum absolute atomic E-state index is 0.0827. The monoisotopic (exact) mass is 497 g/mol. The quantitative estimate of drug-likeness (QED) is 0.398. The van der Waals surface area contributed by atoms with Crippen LogP contribution in [0.1, 0.15) is 46.1 Å². The van der Waals surface area contributed by atoms with Gasteiger partial charge in [-0.25, -0.2) is 4.79 Å². The number of ether oxygens (including phenoxy) is 3. The summed E-state index contributed by atoms with van der Waals surface area (Å²) < 4.78 is 16.7.